The number of hydrogen-bond acceptors (Lipinski definition) is 2. The second-order valence-electron chi connectivity index (χ2n) is 6.04. The van der Waals surface area contributed by atoms with Gasteiger partial charge in [-0.2, -0.15) is 0 Å². The molecule has 0 aromatic heterocycles. The molecule has 1 unspecified atom stereocenters. The van der Waals surface area contributed by atoms with Crippen molar-refractivity contribution in [1.29, 1.82) is 0 Å². The predicted molar refractivity (Wildman–Crippen MR) is 82.6 cm³/mol. The number of hydrogen-bond donors (Lipinski definition) is 2. The Labute approximate surface area is 122 Å². The number of benzene rings is 1. The summed E-state index contributed by atoms with van der Waals surface area (Å²) in [4.78, 5) is 12.0. The Balaban J connectivity index is 1.95. The van der Waals surface area contributed by atoms with Gasteiger partial charge in [-0.25, -0.2) is 0 Å². The summed E-state index contributed by atoms with van der Waals surface area (Å²) < 4.78 is 0. The molecule has 3 nitrogen and oxygen atoms in total. The molecule has 2 N–H and O–H groups in total. The molecule has 1 aliphatic carbocycles. The number of carbonyl (C=O) groups is 1. The zero-order chi connectivity index (χ0) is 14.5. The third kappa shape index (κ3) is 4.34. The van der Waals surface area contributed by atoms with E-state index in [9.17, 15) is 4.79 Å². The summed E-state index contributed by atoms with van der Waals surface area (Å²) in [6.45, 7) is 6.88. The Morgan fingerprint density at radius 3 is 2.40 bits per heavy atom. The van der Waals surface area contributed by atoms with E-state index in [-0.39, 0.29) is 11.9 Å². The summed E-state index contributed by atoms with van der Waals surface area (Å²) in [6.07, 6.45) is 3.46. The van der Waals surface area contributed by atoms with Gasteiger partial charge in [-0.3, -0.25) is 4.79 Å². The first-order valence-electron chi connectivity index (χ1n) is 7.71. The predicted octanol–water partition coefficient (Wildman–Crippen LogP) is 2.81. The molecule has 1 aromatic carbocycles. The average Bonchev–Trinajstić information content (AvgIpc) is 3.26. The monoisotopic (exact) mass is 274 g/mol. The Morgan fingerprint density at radius 2 is 1.90 bits per heavy atom. The SMILES string of the molecule is CCc1ccc(C(NC(=O)CNC2CC2)C(C)C)cc1. The number of rotatable bonds is 7. The number of aryl methyl sites for hydroxylation is 1. The van der Waals surface area contributed by atoms with Gasteiger partial charge < -0.3 is 10.6 Å². The van der Waals surface area contributed by atoms with Crippen LogP contribution in [0.1, 0.15) is 50.8 Å². The fraction of sp³-hybridized carbons (Fsp3) is 0.588. The molecule has 1 aliphatic rings. The number of carbonyl (C=O) groups excluding carboxylic acids is 1. The first kappa shape index (κ1) is 15.0. The Morgan fingerprint density at radius 1 is 1.25 bits per heavy atom. The van der Waals surface area contributed by atoms with E-state index < -0.39 is 0 Å². The fourth-order valence-electron chi connectivity index (χ4n) is 2.34. The van der Waals surface area contributed by atoms with Crippen LogP contribution in [0.2, 0.25) is 0 Å². The van der Waals surface area contributed by atoms with E-state index in [1.54, 1.807) is 0 Å². The molecule has 20 heavy (non-hydrogen) atoms. The van der Waals surface area contributed by atoms with Crippen LogP contribution in [-0.4, -0.2) is 18.5 Å². The summed E-state index contributed by atoms with van der Waals surface area (Å²) in [5, 5.41) is 6.41. The highest BCUT2D eigenvalue weighted by atomic mass is 16.2. The van der Waals surface area contributed by atoms with Crippen LogP contribution in [0.3, 0.4) is 0 Å². The van der Waals surface area contributed by atoms with Crippen LogP contribution in [0.25, 0.3) is 0 Å². The van der Waals surface area contributed by atoms with Crippen molar-refractivity contribution in [3.63, 3.8) is 0 Å². The van der Waals surface area contributed by atoms with Gasteiger partial charge in [0.2, 0.25) is 5.91 Å². The van der Waals surface area contributed by atoms with E-state index in [4.69, 9.17) is 0 Å². The molecule has 0 heterocycles. The van der Waals surface area contributed by atoms with E-state index in [2.05, 4.69) is 55.7 Å². The van der Waals surface area contributed by atoms with E-state index in [1.165, 1.54) is 24.0 Å². The van der Waals surface area contributed by atoms with Crippen molar-refractivity contribution in [3.8, 4) is 0 Å². The van der Waals surface area contributed by atoms with E-state index in [1.807, 2.05) is 0 Å². The molecule has 0 spiro atoms. The topological polar surface area (TPSA) is 41.1 Å². The van der Waals surface area contributed by atoms with Crippen LogP contribution in [-0.2, 0) is 11.2 Å². The normalized spacial score (nSPS) is 16.2. The minimum Gasteiger partial charge on any atom is -0.348 e. The molecule has 2 rings (SSSR count). The van der Waals surface area contributed by atoms with Gasteiger partial charge in [0.25, 0.3) is 0 Å². The van der Waals surface area contributed by atoms with Crippen LogP contribution in [0.4, 0.5) is 0 Å². The average molecular weight is 274 g/mol. The minimum atomic E-state index is 0.0920. The van der Waals surface area contributed by atoms with Crippen molar-refractivity contribution in [2.75, 3.05) is 6.54 Å². The molecular formula is C17H26N2O. The van der Waals surface area contributed by atoms with Gasteiger partial charge in [-0.1, -0.05) is 45.0 Å². The second kappa shape index (κ2) is 6.89. The molecule has 0 aliphatic heterocycles. The first-order chi connectivity index (χ1) is 9.60. The maximum atomic E-state index is 12.0. The third-order valence-electron chi connectivity index (χ3n) is 3.86. The van der Waals surface area contributed by atoms with Gasteiger partial charge in [0.15, 0.2) is 0 Å². The lowest BCUT2D eigenvalue weighted by atomic mass is 9.95. The zero-order valence-electron chi connectivity index (χ0n) is 12.8. The Kier molecular flexibility index (Phi) is 5.18. The minimum absolute atomic E-state index is 0.0920. The van der Waals surface area contributed by atoms with Crippen LogP contribution < -0.4 is 10.6 Å². The fourth-order valence-corrected chi connectivity index (χ4v) is 2.34. The second-order valence-corrected chi connectivity index (χ2v) is 6.04. The van der Waals surface area contributed by atoms with Gasteiger partial charge in [0.05, 0.1) is 12.6 Å². The molecular weight excluding hydrogens is 248 g/mol. The molecule has 0 saturated heterocycles. The lowest BCUT2D eigenvalue weighted by Crippen LogP contribution is -2.38. The van der Waals surface area contributed by atoms with Crippen LogP contribution in [0, 0.1) is 5.92 Å². The highest BCUT2D eigenvalue weighted by Crippen LogP contribution is 2.22. The summed E-state index contributed by atoms with van der Waals surface area (Å²) in [7, 11) is 0. The molecule has 1 amide bonds. The molecule has 110 valence electrons. The molecule has 1 saturated carbocycles. The zero-order valence-corrected chi connectivity index (χ0v) is 12.8. The largest absolute Gasteiger partial charge is 0.348 e. The summed E-state index contributed by atoms with van der Waals surface area (Å²) in [5.41, 5.74) is 2.52. The first-order valence-corrected chi connectivity index (χ1v) is 7.71. The van der Waals surface area contributed by atoms with Crippen LogP contribution in [0.15, 0.2) is 24.3 Å². The lowest BCUT2D eigenvalue weighted by Gasteiger charge is -2.23. The van der Waals surface area contributed by atoms with Gasteiger partial charge in [-0.15, -0.1) is 0 Å². The quantitative estimate of drug-likeness (QED) is 0.803. The van der Waals surface area contributed by atoms with Crippen LogP contribution >= 0.6 is 0 Å². The lowest BCUT2D eigenvalue weighted by molar-refractivity contribution is -0.121. The maximum absolute atomic E-state index is 12.0. The highest BCUT2D eigenvalue weighted by Gasteiger charge is 2.23. The molecule has 1 fully saturated rings. The van der Waals surface area contributed by atoms with Gasteiger partial charge in [-0.05, 0) is 36.3 Å². The molecule has 0 bridgehead atoms. The number of nitrogens with one attached hydrogen (secondary N) is 2. The standard InChI is InChI=1S/C17H26N2O/c1-4-13-5-7-14(8-6-13)17(12(2)3)19-16(20)11-18-15-9-10-15/h5-8,12,15,17-18H,4,9-11H2,1-3H3,(H,19,20). The Bertz CT molecular complexity index is 435. The van der Waals surface area contributed by atoms with Gasteiger partial charge >= 0.3 is 0 Å². The molecule has 1 atom stereocenters. The van der Waals surface area contributed by atoms with Crippen molar-refractivity contribution in [3.05, 3.63) is 35.4 Å². The summed E-state index contributed by atoms with van der Waals surface area (Å²) >= 11 is 0. The maximum Gasteiger partial charge on any atom is 0.234 e. The molecule has 0 radical (unpaired) electrons. The van der Waals surface area contributed by atoms with Crippen LogP contribution in [0.5, 0.6) is 0 Å². The van der Waals surface area contributed by atoms with E-state index >= 15 is 0 Å². The van der Waals surface area contributed by atoms with Crippen molar-refractivity contribution < 1.29 is 4.79 Å². The highest BCUT2D eigenvalue weighted by molar-refractivity contribution is 5.78. The summed E-state index contributed by atoms with van der Waals surface area (Å²) in [6, 6.07) is 9.24. The van der Waals surface area contributed by atoms with Crippen molar-refractivity contribution >= 4 is 5.91 Å². The van der Waals surface area contributed by atoms with Crippen molar-refractivity contribution in [2.45, 2.75) is 52.1 Å². The summed E-state index contributed by atoms with van der Waals surface area (Å²) in [5.74, 6) is 0.475. The number of amides is 1. The third-order valence-corrected chi connectivity index (χ3v) is 3.86. The van der Waals surface area contributed by atoms with E-state index in [0.717, 1.165) is 6.42 Å². The van der Waals surface area contributed by atoms with E-state index in [0.29, 0.717) is 18.5 Å². The smallest absolute Gasteiger partial charge is 0.234 e. The van der Waals surface area contributed by atoms with Crippen molar-refractivity contribution in [1.82, 2.24) is 10.6 Å². The molecule has 1 aromatic rings. The Hall–Kier alpha value is -1.35. The van der Waals surface area contributed by atoms with Gasteiger partial charge in [0.1, 0.15) is 0 Å². The van der Waals surface area contributed by atoms with Gasteiger partial charge in [0, 0.05) is 6.04 Å². The molecule has 3 heteroatoms. The van der Waals surface area contributed by atoms with Crippen molar-refractivity contribution in [2.24, 2.45) is 5.92 Å².